The molecule has 2 nitrogen and oxygen atoms in total. The molecule has 0 aliphatic rings. The average molecular weight is 177 g/mol. The third-order valence-electron chi connectivity index (χ3n) is 1.37. The van der Waals surface area contributed by atoms with Crippen LogP contribution in [0.4, 0.5) is 0 Å². The molecule has 0 radical (unpaired) electrons. The summed E-state index contributed by atoms with van der Waals surface area (Å²) in [6.07, 6.45) is 1.29. The fourth-order valence-electron chi connectivity index (χ4n) is 0.752. The fraction of sp³-hybridized carbons (Fsp3) is 1.00. The highest BCUT2D eigenvalue weighted by molar-refractivity contribution is 4.51. The van der Waals surface area contributed by atoms with Gasteiger partial charge in [0.2, 0.25) is 0 Å². The molecule has 78 valence electrons. The molecule has 0 heterocycles. The van der Waals surface area contributed by atoms with Crippen LogP contribution in [0.15, 0.2) is 0 Å². The van der Waals surface area contributed by atoms with Crippen LogP contribution in [0.25, 0.3) is 0 Å². The Hall–Kier alpha value is -0.0800. The summed E-state index contributed by atoms with van der Waals surface area (Å²) in [6.45, 7) is 9.73. The van der Waals surface area contributed by atoms with Crippen molar-refractivity contribution in [3.05, 3.63) is 0 Å². The zero-order valence-corrected chi connectivity index (χ0v) is 9.89. The Morgan fingerprint density at radius 1 is 1.17 bits per heavy atom. The number of hydrogen-bond donors (Lipinski definition) is 1. The van der Waals surface area contributed by atoms with Crippen LogP contribution in [0.5, 0.6) is 0 Å². The highest BCUT2D eigenvalue weighted by atomic mass is 16.2. The zero-order chi connectivity index (χ0) is 10.6. The Labute approximate surface area is 78.6 Å². The van der Waals surface area contributed by atoms with E-state index in [1.54, 1.807) is 0 Å². The number of aliphatic hydroxyl groups excluding tert-OH is 1. The van der Waals surface area contributed by atoms with E-state index in [4.69, 9.17) is 5.11 Å². The first-order valence-electron chi connectivity index (χ1n) is 4.76. The molecule has 0 amide bonds. The van der Waals surface area contributed by atoms with E-state index in [0.717, 1.165) is 13.0 Å². The van der Waals surface area contributed by atoms with Crippen molar-refractivity contribution in [2.75, 3.05) is 27.7 Å². The van der Waals surface area contributed by atoms with E-state index < -0.39 is 0 Å². The maximum absolute atomic E-state index is 7.00. The van der Waals surface area contributed by atoms with Gasteiger partial charge in [-0.05, 0) is 20.0 Å². The van der Waals surface area contributed by atoms with Crippen LogP contribution < -0.4 is 0 Å². The van der Waals surface area contributed by atoms with Gasteiger partial charge in [0, 0.05) is 13.7 Å². The molecule has 0 saturated carbocycles. The normalized spacial score (nSPS) is 10.8. The van der Waals surface area contributed by atoms with Crippen LogP contribution in [-0.2, 0) is 0 Å². The van der Waals surface area contributed by atoms with Crippen molar-refractivity contribution < 1.29 is 5.11 Å². The first-order valence-corrected chi connectivity index (χ1v) is 4.76. The van der Waals surface area contributed by atoms with Crippen molar-refractivity contribution in [2.24, 2.45) is 5.92 Å². The van der Waals surface area contributed by atoms with E-state index in [9.17, 15) is 0 Å². The topological polar surface area (TPSA) is 23.5 Å². The molecule has 0 fully saturated rings. The largest absolute Gasteiger partial charge is 0.400 e. The van der Waals surface area contributed by atoms with Gasteiger partial charge in [-0.1, -0.05) is 34.1 Å². The van der Waals surface area contributed by atoms with Crippen molar-refractivity contribution >= 4 is 0 Å². The Morgan fingerprint density at radius 3 is 1.58 bits per heavy atom. The molecule has 12 heavy (non-hydrogen) atoms. The van der Waals surface area contributed by atoms with Gasteiger partial charge in [0.1, 0.15) is 0 Å². The second kappa shape index (κ2) is 17.1. The predicted octanol–water partition coefficient (Wildman–Crippen LogP) is 2.23. The molecule has 0 rings (SSSR count). The molecular weight excluding hydrogens is 150 g/mol. The predicted molar refractivity (Wildman–Crippen MR) is 57.5 cm³/mol. The van der Waals surface area contributed by atoms with Crippen LogP contribution in [0.1, 0.15) is 34.1 Å². The summed E-state index contributed by atoms with van der Waals surface area (Å²) >= 11 is 0. The summed E-state index contributed by atoms with van der Waals surface area (Å²) in [5, 5.41) is 7.00. The molecule has 0 aromatic rings. The summed E-state index contributed by atoms with van der Waals surface area (Å²) in [4.78, 5) is 2.23. The lowest BCUT2D eigenvalue weighted by Crippen LogP contribution is -2.18. The molecule has 0 saturated heterocycles. The van der Waals surface area contributed by atoms with Crippen molar-refractivity contribution in [3.63, 3.8) is 0 Å². The SMILES string of the molecule is CC.CCC(C)CN(C)C.CO. The Balaban J connectivity index is -0.000000175. The van der Waals surface area contributed by atoms with Gasteiger partial charge in [-0.25, -0.2) is 0 Å². The van der Waals surface area contributed by atoms with Gasteiger partial charge < -0.3 is 10.0 Å². The van der Waals surface area contributed by atoms with E-state index in [-0.39, 0.29) is 0 Å². The van der Waals surface area contributed by atoms with Gasteiger partial charge in [0.15, 0.2) is 0 Å². The summed E-state index contributed by atoms with van der Waals surface area (Å²) < 4.78 is 0. The molecule has 0 aliphatic heterocycles. The van der Waals surface area contributed by atoms with Crippen LogP contribution >= 0.6 is 0 Å². The highest BCUT2D eigenvalue weighted by Gasteiger charge is 1.97. The number of aliphatic hydroxyl groups is 1. The van der Waals surface area contributed by atoms with Gasteiger partial charge in [0.25, 0.3) is 0 Å². The van der Waals surface area contributed by atoms with Crippen molar-refractivity contribution in [3.8, 4) is 0 Å². The summed E-state index contributed by atoms with van der Waals surface area (Å²) in [5.74, 6) is 0.852. The lowest BCUT2D eigenvalue weighted by molar-refractivity contribution is 0.334. The van der Waals surface area contributed by atoms with E-state index >= 15 is 0 Å². The van der Waals surface area contributed by atoms with Crippen LogP contribution in [-0.4, -0.2) is 37.8 Å². The quantitative estimate of drug-likeness (QED) is 0.714. The Kier molecular flexibility index (Phi) is 25.5. The molecule has 1 unspecified atom stereocenters. The van der Waals surface area contributed by atoms with Gasteiger partial charge in [-0.15, -0.1) is 0 Å². The van der Waals surface area contributed by atoms with E-state index in [1.165, 1.54) is 13.0 Å². The summed E-state index contributed by atoms with van der Waals surface area (Å²) in [7, 11) is 5.23. The van der Waals surface area contributed by atoms with Gasteiger partial charge in [0.05, 0.1) is 0 Å². The fourth-order valence-corrected chi connectivity index (χ4v) is 0.752. The molecule has 1 atom stereocenters. The van der Waals surface area contributed by atoms with Crippen LogP contribution in [0.3, 0.4) is 0 Å². The smallest absolute Gasteiger partial charge is 0.0319 e. The van der Waals surface area contributed by atoms with E-state index in [1.807, 2.05) is 13.8 Å². The van der Waals surface area contributed by atoms with E-state index in [2.05, 4.69) is 32.8 Å². The first kappa shape index (κ1) is 17.9. The summed E-state index contributed by atoms with van der Waals surface area (Å²) in [5.41, 5.74) is 0. The Bertz CT molecular complexity index is 55.8. The minimum Gasteiger partial charge on any atom is -0.400 e. The van der Waals surface area contributed by atoms with Crippen molar-refractivity contribution in [2.45, 2.75) is 34.1 Å². The molecule has 0 spiro atoms. The van der Waals surface area contributed by atoms with E-state index in [0.29, 0.717) is 0 Å². The van der Waals surface area contributed by atoms with Crippen LogP contribution in [0, 0.1) is 5.92 Å². The zero-order valence-electron chi connectivity index (χ0n) is 9.89. The highest BCUT2D eigenvalue weighted by Crippen LogP contribution is 1.99. The molecule has 0 bridgehead atoms. The lowest BCUT2D eigenvalue weighted by Gasteiger charge is -2.13. The molecular formula is C10H27NO. The number of rotatable bonds is 3. The summed E-state index contributed by atoms with van der Waals surface area (Å²) in [6, 6.07) is 0. The van der Waals surface area contributed by atoms with Crippen molar-refractivity contribution in [1.82, 2.24) is 4.90 Å². The van der Waals surface area contributed by atoms with Gasteiger partial charge in [-0.2, -0.15) is 0 Å². The Morgan fingerprint density at radius 2 is 1.50 bits per heavy atom. The standard InChI is InChI=1S/C7H17N.C2H6.CH4O/c1-5-7(2)6-8(3)4;2*1-2/h7H,5-6H2,1-4H3;1-2H3;2H,1H3. The lowest BCUT2D eigenvalue weighted by atomic mass is 10.1. The third-order valence-corrected chi connectivity index (χ3v) is 1.37. The number of nitrogens with zero attached hydrogens (tertiary/aromatic N) is 1. The first-order chi connectivity index (χ1) is 5.66. The number of hydrogen-bond acceptors (Lipinski definition) is 2. The maximum atomic E-state index is 7.00. The average Bonchev–Trinajstić information content (AvgIpc) is 2.10. The van der Waals surface area contributed by atoms with Crippen LogP contribution in [0.2, 0.25) is 0 Å². The maximum Gasteiger partial charge on any atom is 0.0319 e. The molecule has 2 heteroatoms. The molecule has 0 aliphatic carbocycles. The molecule has 1 N–H and O–H groups in total. The minimum absolute atomic E-state index is 0.852. The second-order valence-corrected chi connectivity index (χ2v) is 2.78. The molecule has 0 aromatic carbocycles. The van der Waals surface area contributed by atoms with Gasteiger partial charge >= 0.3 is 0 Å². The monoisotopic (exact) mass is 177 g/mol. The molecule has 0 aromatic heterocycles. The second-order valence-electron chi connectivity index (χ2n) is 2.78. The minimum atomic E-state index is 0.852. The van der Waals surface area contributed by atoms with Crippen molar-refractivity contribution in [1.29, 1.82) is 0 Å². The third kappa shape index (κ3) is 22.5. The van der Waals surface area contributed by atoms with Gasteiger partial charge in [-0.3, -0.25) is 0 Å².